The minimum atomic E-state index is 0.581. The molecule has 0 spiro atoms. The third-order valence-electron chi connectivity index (χ3n) is 5.22. The normalized spacial score (nSPS) is 24.7. The number of nitrogens with zero attached hydrogens (tertiary/aromatic N) is 4. The topological polar surface area (TPSA) is 52.8 Å². The number of aryl methyl sites for hydroxylation is 1. The van der Waals surface area contributed by atoms with Gasteiger partial charge in [-0.25, -0.2) is 0 Å². The average molecular weight is 284 g/mol. The Morgan fingerprint density at radius 2 is 1.95 bits per heavy atom. The number of hydrogen-bond acceptors (Lipinski definition) is 4. The maximum absolute atomic E-state index is 9.66. The van der Waals surface area contributed by atoms with Crippen molar-refractivity contribution in [3.63, 3.8) is 0 Å². The zero-order valence-electron chi connectivity index (χ0n) is 13.1. The van der Waals surface area contributed by atoms with Gasteiger partial charge in [-0.1, -0.05) is 26.7 Å². The summed E-state index contributed by atoms with van der Waals surface area (Å²) in [4.78, 5) is 2.38. The summed E-state index contributed by atoms with van der Waals surface area (Å²) in [5.74, 6) is 1.64. The van der Waals surface area contributed by atoms with Crippen LogP contribution in [0, 0.1) is 17.2 Å². The molecule has 2 fully saturated rings. The molecule has 0 amide bonds. The molecule has 4 heteroatoms. The molecule has 1 aromatic heterocycles. The highest BCUT2D eigenvalue weighted by molar-refractivity contribution is 5.59. The van der Waals surface area contributed by atoms with E-state index in [2.05, 4.69) is 35.0 Å². The third kappa shape index (κ3) is 2.39. The Morgan fingerprint density at radius 1 is 1.14 bits per heavy atom. The Bertz CT molecular complexity index is 561. The number of hydrogen-bond donors (Lipinski definition) is 0. The molecule has 0 radical (unpaired) electrons. The number of aromatic nitrogens is 2. The van der Waals surface area contributed by atoms with Gasteiger partial charge < -0.3 is 4.90 Å². The summed E-state index contributed by atoms with van der Waals surface area (Å²) in [6.45, 7) is 5.22. The molecule has 0 N–H and O–H groups in total. The van der Waals surface area contributed by atoms with E-state index >= 15 is 0 Å². The molecule has 0 aromatic carbocycles. The minimum absolute atomic E-state index is 0.581. The van der Waals surface area contributed by atoms with Crippen molar-refractivity contribution in [3.05, 3.63) is 16.8 Å². The lowest BCUT2D eigenvalue weighted by Gasteiger charge is -2.32. The maximum atomic E-state index is 9.66. The van der Waals surface area contributed by atoms with Crippen LogP contribution >= 0.6 is 0 Å². The smallest absolute Gasteiger partial charge is 0.169 e. The van der Waals surface area contributed by atoms with Crippen LogP contribution in [0.5, 0.6) is 0 Å². The van der Waals surface area contributed by atoms with Gasteiger partial charge in [-0.3, -0.25) is 0 Å². The summed E-state index contributed by atoms with van der Waals surface area (Å²) in [6, 6.07) is 3.00. The van der Waals surface area contributed by atoms with Gasteiger partial charge in [-0.15, -0.1) is 5.10 Å². The van der Waals surface area contributed by atoms with Crippen LogP contribution in [0.25, 0.3) is 0 Å². The molecule has 2 unspecified atom stereocenters. The summed E-state index contributed by atoms with van der Waals surface area (Å²) in [5.41, 5.74) is 2.86. The monoisotopic (exact) mass is 284 g/mol. The van der Waals surface area contributed by atoms with E-state index in [0.29, 0.717) is 6.04 Å². The van der Waals surface area contributed by atoms with Crippen LogP contribution in [0.4, 0.5) is 5.82 Å². The first-order valence-electron chi connectivity index (χ1n) is 8.35. The van der Waals surface area contributed by atoms with Gasteiger partial charge in [0.1, 0.15) is 11.6 Å². The molecule has 2 aliphatic rings. The largest absolute Gasteiger partial charge is 0.351 e. The van der Waals surface area contributed by atoms with Gasteiger partial charge in [0.2, 0.25) is 0 Å². The Hall–Kier alpha value is -1.63. The van der Waals surface area contributed by atoms with E-state index in [1.165, 1.54) is 32.1 Å². The van der Waals surface area contributed by atoms with Gasteiger partial charge in [-0.2, -0.15) is 10.4 Å². The van der Waals surface area contributed by atoms with Crippen molar-refractivity contribution in [1.82, 2.24) is 10.2 Å². The van der Waals surface area contributed by atoms with Crippen molar-refractivity contribution in [1.29, 1.82) is 5.26 Å². The highest BCUT2D eigenvalue weighted by Gasteiger charge is 2.37. The molecule has 0 bridgehead atoms. The fourth-order valence-corrected chi connectivity index (χ4v) is 4.15. The number of rotatable bonds is 3. The zero-order valence-corrected chi connectivity index (χ0v) is 13.1. The highest BCUT2D eigenvalue weighted by atomic mass is 15.3. The van der Waals surface area contributed by atoms with Gasteiger partial charge in [0.05, 0.1) is 5.69 Å². The quantitative estimate of drug-likeness (QED) is 0.855. The summed E-state index contributed by atoms with van der Waals surface area (Å²) in [5, 5.41) is 18.5. The van der Waals surface area contributed by atoms with E-state index < -0.39 is 0 Å². The molecular formula is C17H24N4. The standard InChI is InChI=1S/C17H24N4/c1-3-13-14(11-18)17(20-19-15(13)4-2)21-10-9-12-7-5-6-8-16(12)21/h12,16H,3-10H2,1-2H3. The Labute approximate surface area is 127 Å². The summed E-state index contributed by atoms with van der Waals surface area (Å²) in [7, 11) is 0. The van der Waals surface area contributed by atoms with Crippen LogP contribution in [0.15, 0.2) is 0 Å². The van der Waals surface area contributed by atoms with Crippen molar-refractivity contribution in [3.8, 4) is 6.07 Å². The van der Waals surface area contributed by atoms with Gasteiger partial charge in [-0.05, 0) is 43.6 Å². The van der Waals surface area contributed by atoms with Crippen LogP contribution in [0.1, 0.15) is 62.8 Å². The lowest BCUT2D eigenvalue weighted by atomic mass is 9.85. The van der Waals surface area contributed by atoms with Crippen molar-refractivity contribution < 1.29 is 0 Å². The number of fused-ring (bicyclic) bond motifs is 1. The summed E-state index contributed by atoms with van der Waals surface area (Å²) >= 11 is 0. The van der Waals surface area contributed by atoms with Crippen LogP contribution in [0.2, 0.25) is 0 Å². The summed E-state index contributed by atoms with van der Waals surface area (Å²) in [6.07, 6.45) is 8.20. The lowest BCUT2D eigenvalue weighted by molar-refractivity contribution is 0.341. The summed E-state index contributed by atoms with van der Waals surface area (Å²) < 4.78 is 0. The molecule has 1 saturated heterocycles. The van der Waals surface area contributed by atoms with Crippen LogP contribution in [0.3, 0.4) is 0 Å². The van der Waals surface area contributed by atoms with Crippen molar-refractivity contribution in [2.75, 3.05) is 11.4 Å². The maximum Gasteiger partial charge on any atom is 0.169 e. The zero-order chi connectivity index (χ0) is 14.8. The Morgan fingerprint density at radius 3 is 2.67 bits per heavy atom. The van der Waals surface area contributed by atoms with E-state index in [4.69, 9.17) is 0 Å². The predicted octanol–water partition coefficient (Wildman–Crippen LogP) is 3.24. The van der Waals surface area contributed by atoms with Gasteiger partial charge >= 0.3 is 0 Å². The van der Waals surface area contributed by atoms with Gasteiger partial charge in [0.15, 0.2) is 5.82 Å². The van der Waals surface area contributed by atoms with Gasteiger partial charge in [0.25, 0.3) is 0 Å². The second-order valence-corrected chi connectivity index (χ2v) is 6.24. The molecule has 3 rings (SSSR count). The van der Waals surface area contributed by atoms with E-state index in [0.717, 1.165) is 47.9 Å². The van der Waals surface area contributed by atoms with E-state index in [-0.39, 0.29) is 0 Å². The fourth-order valence-electron chi connectivity index (χ4n) is 4.15. The van der Waals surface area contributed by atoms with Crippen LogP contribution in [-0.4, -0.2) is 22.8 Å². The number of anilines is 1. The first kappa shape index (κ1) is 14.3. The highest BCUT2D eigenvalue weighted by Crippen LogP contribution is 2.39. The molecule has 1 aliphatic heterocycles. The molecule has 1 aliphatic carbocycles. The molecule has 112 valence electrons. The molecule has 1 saturated carbocycles. The van der Waals surface area contributed by atoms with Crippen molar-refractivity contribution >= 4 is 5.82 Å². The van der Waals surface area contributed by atoms with Gasteiger partial charge in [0, 0.05) is 12.6 Å². The second-order valence-electron chi connectivity index (χ2n) is 6.24. The lowest BCUT2D eigenvalue weighted by Crippen LogP contribution is -2.36. The molecule has 2 heterocycles. The number of nitriles is 1. The Balaban J connectivity index is 2.01. The molecule has 2 atom stereocenters. The Kier molecular flexibility index (Phi) is 4.10. The van der Waals surface area contributed by atoms with Crippen LogP contribution in [-0.2, 0) is 12.8 Å². The molecule has 4 nitrogen and oxygen atoms in total. The molecule has 1 aromatic rings. The molecule has 21 heavy (non-hydrogen) atoms. The van der Waals surface area contributed by atoms with Crippen molar-refractivity contribution in [2.24, 2.45) is 5.92 Å². The fraction of sp³-hybridized carbons (Fsp3) is 0.706. The third-order valence-corrected chi connectivity index (χ3v) is 5.22. The van der Waals surface area contributed by atoms with E-state index in [1.807, 2.05) is 0 Å². The van der Waals surface area contributed by atoms with Crippen LogP contribution < -0.4 is 4.90 Å². The van der Waals surface area contributed by atoms with Crippen molar-refractivity contribution in [2.45, 2.75) is 64.8 Å². The average Bonchev–Trinajstić information content (AvgIpc) is 2.97. The van der Waals surface area contributed by atoms with E-state index in [1.54, 1.807) is 0 Å². The first-order chi connectivity index (χ1) is 10.3. The first-order valence-corrected chi connectivity index (χ1v) is 8.35. The predicted molar refractivity (Wildman–Crippen MR) is 83.2 cm³/mol. The molecular weight excluding hydrogens is 260 g/mol. The SMILES string of the molecule is CCc1nnc(N2CCC3CCCCC32)c(C#N)c1CC. The van der Waals surface area contributed by atoms with E-state index in [9.17, 15) is 5.26 Å². The minimum Gasteiger partial charge on any atom is -0.351 e. The second kappa shape index (κ2) is 6.01.